The Kier molecular flexibility index (Phi) is 3.48. The number of nitrogens with one attached hydrogen (secondary N) is 1. The molecule has 0 radical (unpaired) electrons. The van der Waals surface area contributed by atoms with Crippen LogP contribution in [0.2, 0.25) is 0 Å². The monoisotopic (exact) mass is 257 g/mol. The van der Waals surface area contributed by atoms with Crippen LogP contribution in [0.1, 0.15) is 24.5 Å². The van der Waals surface area contributed by atoms with Gasteiger partial charge in [0.2, 0.25) is 5.91 Å². The van der Waals surface area contributed by atoms with Crippen molar-refractivity contribution in [1.82, 2.24) is 5.32 Å². The number of carbonyl (C=O) groups is 1. The van der Waals surface area contributed by atoms with Gasteiger partial charge in [-0.2, -0.15) is 5.26 Å². The molecule has 0 aromatic heterocycles. The largest absolute Gasteiger partial charge is 0.369 e. The van der Waals surface area contributed by atoms with Gasteiger partial charge >= 0.3 is 0 Å². The van der Waals surface area contributed by atoms with Crippen molar-refractivity contribution in [3.8, 4) is 6.07 Å². The van der Waals surface area contributed by atoms with Gasteiger partial charge in [-0.3, -0.25) is 4.79 Å². The standard InChI is InChI=1S/C15H19N3O/c1-11-4-5-12(9-16)13(8-11)18-7-6-15(2,10-18)14(19)17-3/h4-5,8H,6-7,10H2,1-3H3,(H,17,19). The van der Waals surface area contributed by atoms with Crippen molar-refractivity contribution in [3.63, 3.8) is 0 Å². The lowest BCUT2D eigenvalue weighted by Gasteiger charge is -2.24. The summed E-state index contributed by atoms with van der Waals surface area (Å²) in [6.45, 7) is 5.46. The number of aryl methyl sites for hydroxylation is 1. The molecule has 1 heterocycles. The third-order valence-electron chi connectivity index (χ3n) is 3.86. The van der Waals surface area contributed by atoms with Crippen LogP contribution in [-0.4, -0.2) is 26.0 Å². The number of hydrogen-bond donors (Lipinski definition) is 1. The molecule has 1 amide bonds. The highest BCUT2D eigenvalue weighted by molar-refractivity contribution is 5.83. The van der Waals surface area contributed by atoms with Gasteiger partial charge in [-0.25, -0.2) is 0 Å². The lowest BCUT2D eigenvalue weighted by Crippen LogP contribution is -2.39. The number of carbonyl (C=O) groups excluding carboxylic acids is 1. The first kappa shape index (κ1) is 13.4. The van der Waals surface area contributed by atoms with Crippen LogP contribution in [0.15, 0.2) is 18.2 Å². The van der Waals surface area contributed by atoms with Crippen LogP contribution in [0, 0.1) is 23.7 Å². The number of nitrogens with zero attached hydrogens (tertiary/aromatic N) is 2. The van der Waals surface area contributed by atoms with E-state index in [9.17, 15) is 10.1 Å². The Morgan fingerprint density at radius 1 is 1.53 bits per heavy atom. The van der Waals surface area contributed by atoms with Crippen molar-refractivity contribution in [2.24, 2.45) is 5.41 Å². The van der Waals surface area contributed by atoms with Gasteiger partial charge in [-0.1, -0.05) is 6.07 Å². The second-order valence-electron chi connectivity index (χ2n) is 5.44. The topological polar surface area (TPSA) is 56.1 Å². The fraction of sp³-hybridized carbons (Fsp3) is 0.467. The number of nitriles is 1. The summed E-state index contributed by atoms with van der Waals surface area (Å²) < 4.78 is 0. The molecule has 0 bridgehead atoms. The first-order valence-corrected chi connectivity index (χ1v) is 6.48. The zero-order valence-electron chi connectivity index (χ0n) is 11.7. The van der Waals surface area contributed by atoms with Crippen LogP contribution in [-0.2, 0) is 4.79 Å². The maximum Gasteiger partial charge on any atom is 0.227 e. The van der Waals surface area contributed by atoms with Crippen LogP contribution < -0.4 is 10.2 Å². The number of benzene rings is 1. The van der Waals surface area contributed by atoms with Gasteiger partial charge in [0.05, 0.1) is 16.7 Å². The normalized spacial score (nSPS) is 22.1. The number of amides is 1. The van der Waals surface area contributed by atoms with Gasteiger partial charge in [0.1, 0.15) is 6.07 Å². The number of anilines is 1. The molecule has 1 fully saturated rings. The van der Waals surface area contributed by atoms with Crippen LogP contribution in [0.5, 0.6) is 0 Å². The zero-order chi connectivity index (χ0) is 14.0. The molecule has 2 rings (SSSR count). The van der Waals surface area contributed by atoms with E-state index in [1.807, 2.05) is 32.0 Å². The lowest BCUT2D eigenvalue weighted by atomic mass is 9.89. The van der Waals surface area contributed by atoms with Crippen molar-refractivity contribution in [3.05, 3.63) is 29.3 Å². The van der Waals surface area contributed by atoms with Crippen molar-refractivity contribution in [1.29, 1.82) is 5.26 Å². The summed E-state index contributed by atoms with van der Waals surface area (Å²) in [4.78, 5) is 14.1. The molecular formula is C15H19N3O. The van der Waals surface area contributed by atoms with Gasteiger partial charge < -0.3 is 10.2 Å². The Morgan fingerprint density at radius 2 is 2.26 bits per heavy atom. The van der Waals surface area contributed by atoms with Crippen molar-refractivity contribution < 1.29 is 4.79 Å². The average Bonchev–Trinajstić information content (AvgIpc) is 2.81. The van der Waals surface area contributed by atoms with E-state index in [0.717, 1.165) is 24.2 Å². The Labute approximate surface area is 114 Å². The molecule has 1 aliphatic rings. The zero-order valence-corrected chi connectivity index (χ0v) is 11.7. The summed E-state index contributed by atoms with van der Waals surface area (Å²) in [5, 5.41) is 11.9. The van der Waals surface area contributed by atoms with E-state index >= 15 is 0 Å². The molecule has 0 spiro atoms. The molecule has 1 unspecified atom stereocenters. The predicted molar refractivity (Wildman–Crippen MR) is 74.9 cm³/mol. The Balaban J connectivity index is 2.29. The molecule has 4 nitrogen and oxygen atoms in total. The molecule has 1 saturated heterocycles. The summed E-state index contributed by atoms with van der Waals surface area (Å²) in [5.41, 5.74) is 2.37. The van der Waals surface area contributed by atoms with E-state index in [1.54, 1.807) is 7.05 Å². The third-order valence-corrected chi connectivity index (χ3v) is 3.86. The highest BCUT2D eigenvalue weighted by Crippen LogP contribution is 2.35. The van der Waals surface area contributed by atoms with E-state index in [1.165, 1.54) is 0 Å². The summed E-state index contributed by atoms with van der Waals surface area (Å²) in [6.07, 6.45) is 0.811. The molecule has 1 aromatic rings. The second-order valence-corrected chi connectivity index (χ2v) is 5.44. The van der Waals surface area contributed by atoms with E-state index in [4.69, 9.17) is 0 Å². The second kappa shape index (κ2) is 4.93. The minimum absolute atomic E-state index is 0.0705. The third kappa shape index (κ3) is 2.41. The van der Waals surface area contributed by atoms with E-state index in [0.29, 0.717) is 12.1 Å². The molecule has 4 heteroatoms. The van der Waals surface area contributed by atoms with E-state index in [2.05, 4.69) is 16.3 Å². The van der Waals surface area contributed by atoms with Gasteiger partial charge in [0.15, 0.2) is 0 Å². The van der Waals surface area contributed by atoms with Crippen molar-refractivity contribution in [2.45, 2.75) is 20.3 Å². The van der Waals surface area contributed by atoms with Crippen molar-refractivity contribution >= 4 is 11.6 Å². The van der Waals surface area contributed by atoms with E-state index in [-0.39, 0.29) is 11.3 Å². The van der Waals surface area contributed by atoms with E-state index < -0.39 is 0 Å². The van der Waals surface area contributed by atoms with Gasteiger partial charge in [-0.15, -0.1) is 0 Å². The highest BCUT2D eigenvalue weighted by atomic mass is 16.2. The summed E-state index contributed by atoms with van der Waals surface area (Å²) in [5.74, 6) is 0.0705. The molecule has 19 heavy (non-hydrogen) atoms. The molecule has 1 N–H and O–H groups in total. The van der Waals surface area contributed by atoms with Crippen LogP contribution in [0.25, 0.3) is 0 Å². The quantitative estimate of drug-likeness (QED) is 0.879. The highest BCUT2D eigenvalue weighted by Gasteiger charge is 2.40. The molecule has 1 aromatic carbocycles. The predicted octanol–water partition coefficient (Wildman–Crippen LogP) is 1.83. The molecule has 0 saturated carbocycles. The smallest absolute Gasteiger partial charge is 0.227 e. The minimum Gasteiger partial charge on any atom is -0.369 e. The van der Waals surface area contributed by atoms with Crippen LogP contribution >= 0.6 is 0 Å². The SMILES string of the molecule is CNC(=O)C1(C)CCN(c2cc(C)ccc2C#N)C1. The van der Waals surface area contributed by atoms with Crippen molar-refractivity contribution in [2.75, 3.05) is 25.0 Å². The average molecular weight is 257 g/mol. The Bertz CT molecular complexity index is 547. The van der Waals surface area contributed by atoms with Gasteiger partial charge in [0, 0.05) is 20.1 Å². The molecular weight excluding hydrogens is 238 g/mol. The maximum absolute atomic E-state index is 11.9. The van der Waals surface area contributed by atoms with Crippen LogP contribution in [0.4, 0.5) is 5.69 Å². The fourth-order valence-electron chi connectivity index (χ4n) is 2.65. The van der Waals surface area contributed by atoms with Gasteiger partial charge in [0.25, 0.3) is 0 Å². The molecule has 100 valence electrons. The first-order valence-electron chi connectivity index (χ1n) is 6.48. The first-order chi connectivity index (χ1) is 9.00. The molecule has 1 atom stereocenters. The molecule has 0 aliphatic carbocycles. The summed E-state index contributed by atoms with van der Waals surface area (Å²) in [7, 11) is 1.67. The number of rotatable bonds is 2. The lowest BCUT2D eigenvalue weighted by molar-refractivity contribution is -0.128. The Hall–Kier alpha value is -2.02. The number of hydrogen-bond acceptors (Lipinski definition) is 3. The summed E-state index contributed by atoms with van der Waals surface area (Å²) >= 11 is 0. The summed E-state index contributed by atoms with van der Waals surface area (Å²) in [6, 6.07) is 8.04. The Morgan fingerprint density at radius 3 is 2.89 bits per heavy atom. The van der Waals surface area contributed by atoms with Gasteiger partial charge in [-0.05, 0) is 38.0 Å². The fourth-order valence-corrected chi connectivity index (χ4v) is 2.65. The van der Waals surface area contributed by atoms with Crippen LogP contribution in [0.3, 0.4) is 0 Å². The minimum atomic E-state index is -0.370. The molecule has 1 aliphatic heterocycles. The maximum atomic E-state index is 11.9.